The smallest absolute Gasteiger partial charge is 0.325 e. The Kier molecular flexibility index (Phi) is 5.24. The molecule has 0 spiro atoms. The van der Waals surface area contributed by atoms with Gasteiger partial charge in [0.25, 0.3) is 5.69 Å². The number of hydrogen-bond acceptors (Lipinski definition) is 5. The number of benzene rings is 2. The summed E-state index contributed by atoms with van der Waals surface area (Å²) in [4.78, 5) is 24.9. The molecule has 1 N–H and O–H groups in total. The number of rotatable bonds is 4. The highest BCUT2D eigenvalue weighted by molar-refractivity contribution is 5.97. The van der Waals surface area contributed by atoms with Crippen molar-refractivity contribution in [2.24, 2.45) is 0 Å². The second-order valence-corrected chi connectivity index (χ2v) is 6.27. The molecule has 144 valence electrons. The Labute approximate surface area is 165 Å². The van der Waals surface area contributed by atoms with Crippen molar-refractivity contribution >= 4 is 17.4 Å². The Balaban J connectivity index is 2.15. The Hall–Kier alpha value is -4.24. The first kappa shape index (κ1) is 19.5. The molecule has 0 aromatic heterocycles. The van der Waals surface area contributed by atoms with Gasteiger partial charge in [0.2, 0.25) is 0 Å². The van der Waals surface area contributed by atoms with Gasteiger partial charge in [0, 0.05) is 11.8 Å². The van der Waals surface area contributed by atoms with Crippen molar-refractivity contribution in [2.45, 2.75) is 19.6 Å². The van der Waals surface area contributed by atoms with E-state index in [9.17, 15) is 24.6 Å². The molecule has 1 heterocycles. The Bertz CT molecular complexity index is 1130. The van der Waals surface area contributed by atoms with E-state index in [4.69, 9.17) is 5.26 Å². The average molecular weight is 391 g/mol. The third-order valence-electron chi connectivity index (χ3n) is 4.60. The lowest BCUT2D eigenvalue weighted by Gasteiger charge is -2.34. The minimum atomic E-state index is -1.05. The SMILES string of the molecule is CC1=C(C#N)[C@@H](c2ccc(C#N)cc2[N+](=O)[O-])NC(=O)N1c1cccc(CF)c1. The van der Waals surface area contributed by atoms with E-state index < -0.39 is 23.7 Å². The van der Waals surface area contributed by atoms with Crippen LogP contribution in [0.4, 0.5) is 20.6 Å². The van der Waals surface area contributed by atoms with E-state index in [-0.39, 0.29) is 28.1 Å². The molecule has 0 radical (unpaired) electrons. The van der Waals surface area contributed by atoms with Gasteiger partial charge in [0.05, 0.1) is 45.5 Å². The van der Waals surface area contributed by atoms with Gasteiger partial charge in [0.1, 0.15) is 6.67 Å². The Morgan fingerprint density at radius 3 is 2.62 bits per heavy atom. The lowest BCUT2D eigenvalue weighted by molar-refractivity contribution is -0.385. The average Bonchev–Trinajstić information content (AvgIpc) is 2.73. The third-order valence-corrected chi connectivity index (χ3v) is 4.60. The van der Waals surface area contributed by atoms with Crippen LogP contribution in [0.5, 0.6) is 0 Å². The summed E-state index contributed by atoms with van der Waals surface area (Å²) >= 11 is 0. The molecule has 0 aliphatic carbocycles. The highest BCUT2D eigenvalue weighted by Crippen LogP contribution is 2.37. The number of nitrogens with zero attached hydrogens (tertiary/aromatic N) is 4. The van der Waals surface area contributed by atoms with Crippen molar-refractivity contribution in [1.82, 2.24) is 5.32 Å². The molecule has 2 amide bonds. The maximum Gasteiger partial charge on any atom is 0.327 e. The van der Waals surface area contributed by atoms with E-state index in [1.807, 2.05) is 12.1 Å². The number of nitrogens with one attached hydrogen (secondary N) is 1. The van der Waals surface area contributed by atoms with Crippen LogP contribution in [-0.4, -0.2) is 11.0 Å². The van der Waals surface area contributed by atoms with Crippen molar-refractivity contribution < 1.29 is 14.1 Å². The number of nitriles is 2. The summed E-state index contributed by atoms with van der Waals surface area (Å²) in [6.07, 6.45) is 0. The predicted molar refractivity (Wildman–Crippen MR) is 101 cm³/mol. The molecule has 2 aromatic rings. The summed E-state index contributed by atoms with van der Waals surface area (Å²) in [6.45, 7) is 0.832. The number of amides is 2. The van der Waals surface area contributed by atoms with E-state index in [2.05, 4.69) is 5.32 Å². The minimum Gasteiger partial charge on any atom is -0.325 e. The van der Waals surface area contributed by atoms with Crippen LogP contribution in [0.1, 0.15) is 29.7 Å². The van der Waals surface area contributed by atoms with Crippen molar-refractivity contribution in [2.75, 3.05) is 4.90 Å². The number of hydrogen-bond donors (Lipinski definition) is 1. The highest BCUT2D eigenvalue weighted by atomic mass is 19.1. The van der Waals surface area contributed by atoms with Crippen LogP contribution in [0.3, 0.4) is 0 Å². The molecule has 0 saturated heterocycles. The molecule has 0 bridgehead atoms. The van der Waals surface area contributed by atoms with Crippen LogP contribution in [0.2, 0.25) is 0 Å². The summed E-state index contributed by atoms with van der Waals surface area (Å²) in [7, 11) is 0. The van der Waals surface area contributed by atoms with E-state index in [0.717, 1.165) is 6.07 Å². The van der Waals surface area contributed by atoms with Crippen molar-refractivity contribution in [3.8, 4) is 12.1 Å². The molecule has 8 nitrogen and oxygen atoms in total. The molecular formula is C20H14FN5O3. The van der Waals surface area contributed by atoms with Crippen molar-refractivity contribution in [1.29, 1.82) is 10.5 Å². The van der Waals surface area contributed by atoms with Crippen LogP contribution in [0.15, 0.2) is 53.7 Å². The van der Waals surface area contributed by atoms with Crippen LogP contribution < -0.4 is 10.2 Å². The van der Waals surface area contributed by atoms with Crippen LogP contribution >= 0.6 is 0 Å². The van der Waals surface area contributed by atoms with Crippen LogP contribution in [0.25, 0.3) is 0 Å². The largest absolute Gasteiger partial charge is 0.327 e. The number of alkyl halides is 1. The zero-order valence-corrected chi connectivity index (χ0v) is 15.2. The zero-order chi connectivity index (χ0) is 21.1. The fraction of sp³-hybridized carbons (Fsp3) is 0.150. The van der Waals surface area contributed by atoms with E-state index in [1.165, 1.54) is 23.1 Å². The number of carbonyl (C=O) groups is 1. The number of anilines is 1. The van der Waals surface area contributed by atoms with Gasteiger partial charge in [-0.15, -0.1) is 0 Å². The van der Waals surface area contributed by atoms with Gasteiger partial charge in [-0.25, -0.2) is 9.18 Å². The van der Waals surface area contributed by atoms with Crippen molar-refractivity contribution in [3.05, 3.63) is 80.5 Å². The number of carbonyl (C=O) groups excluding carboxylic acids is 1. The van der Waals surface area contributed by atoms with Crippen molar-refractivity contribution in [3.63, 3.8) is 0 Å². The molecule has 0 saturated carbocycles. The molecule has 2 aromatic carbocycles. The topological polar surface area (TPSA) is 123 Å². The van der Waals surface area contributed by atoms with E-state index in [1.54, 1.807) is 25.1 Å². The van der Waals surface area contributed by atoms with E-state index in [0.29, 0.717) is 11.3 Å². The maximum atomic E-state index is 13.0. The summed E-state index contributed by atoms with van der Waals surface area (Å²) in [5.74, 6) is 0. The van der Waals surface area contributed by atoms with Gasteiger partial charge in [-0.2, -0.15) is 10.5 Å². The molecule has 1 aliphatic rings. The summed E-state index contributed by atoms with van der Waals surface area (Å²) in [6, 6.07) is 12.3. The fourth-order valence-corrected chi connectivity index (χ4v) is 3.23. The molecule has 3 rings (SSSR count). The monoisotopic (exact) mass is 391 g/mol. The van der Waals surface area contributed by atoms with Crippen LogP contribution in [0, 0.1) is 32.8 Å². The number of urea groups is 1. The summed E-state index contributed by atoms with van der Waals surface area (Å²) in [5.41, 5.74) is 0.922. The van der Waals surface area contributed by atoms with Gasteiger partial charge in [-0.05, 0) is 36.8 Å². The van der Waals surface area contributed by atoms with Gasteiger partial charge in [-0.3, -0.25) is 15.0 Å². The van der Waals surface area contributed by atoms with Gasteiger partial charge >= 0.3 is 6.03 Å². The molecule has 1 atom stereocenters. The normalized spacial score (nSPS) is 16.1. The maximum absolute atomic E-state index is 13.0. The third kappa shape index (κ3) is 3.49. The second kappa shape index (κ2) is 7.79. The first-order valence-electron chi connectivity index (χ1n) is 8.46. The predicted octanol–water partition coefficient (Wildman–Crippen LogP) is 4.00. The first-order chi connectivity index (χ1) is 13.9. The molecule has 29 heavy (non-hydrogen) atoms. The quantitative estimate of drug-likeness (QED) is 0.623. The molecule has 0 fully saturated rings. The lowest BCUT2D eigenvalue weighted by atomic mass is 9.93. The second-order valence-electron chi connectivity index (χ2n) is 6.27. The standard InChI is InChI=1S/C20H14FN5O3/c1-12-17(11-23)19(16-6-5-14(10-22)8-18(16)26(28)29)24-20(27)25(12)15-4-2-3-13(7-15)9-21/h2-8,19H,9H2,1H3,(H,24,27)/t19-/m1/s1. The number of halogens is 1. The van der Waals surface area contributed by atoms with Crippen LogP contribution in [-0.2, 0) is 6.67 Å². The van der Waals surface area contributed by atoms with Gasteiger partial charge in [0.15, 0.2) is 0 Å². The first-order valence-corrected chi connectivity index (χ1v) is 8.46. The number of allylic oxidation sites excluding steroid dienone is 1. The van der Waals surface area contributed by atoms with Gasteiger partial charge in [-0.1, -0.05) is 12.1 Å². The lowest BCUT2D eigenvalue weighted by Crippen LogP contribution is -2.46. The fourth-order valence-electron chi connectivity index (χ4n) is 3.23. The number of nitro benzene ring substituents is 1. The summed E-state index contributed by atoms with van der Waals surface area (Å²) in [5, 5.41) is 32.8. The molecule has 0 unspecified atom stereocenters. The summed E-state index contributed by atoms with van der Waals surface area (Å²) < 4.78 is 13.0. The zero-order valence-electron chi connectivity index (χ0n) is 15.2. The molecular weight excluding hydrogens is 377 g/mol. The Morgan fingerprint density at radius 2 is 2.00 bits per heavy atom. The Morgan fingerprint density at radius 1 is 1.24 bits per heavy atom. The van der Waals surface area contributed by atoms with Gasteiger partial charge < -0.3 is 5.32 Å². The number of nitro groups is 1. The highest BCUT2D eigenvalue weighted by Gasteiger charge is 2.36. The molecule has 9 heteroatoms. The molecule has 1 aliphatic heterocycles. The van der Waals surface area contributed by atoms with E-state index >= 15 is 0 Å². The minimum absolute atomic E-state index is 0.0893.